The summed E-state index contributed by atoms with van der Waals surface area (Å²) in [7, 11) is -3.79. The zero-order valence-electron chi connectivity index (χ0n) is 11.2. The molecule has 0 spiro atoms. The molecule has 0 saturated carbocycles. The van der Waals surface area contributed by atoms with E-state index in [9.17, 15) is 8.42 Å². The van der Waals surface area contributed by atoms with Crippen molar-refractivity contribution in [2.75, 3.05) is 0 Å². The average molecular weight is 332 g/mol. The molecule has 1 aromatic carbocycles. The first kappa shape index (κ1) is 15.7. The van der Waals surface area contributed by atoms with Crippen LogP contribution in [-0.4, -0.2) is 18.6 Å². The monoisotopic (exact) mass is 331 g/mol. The standard InChI is InChI=1S/C12H14ClN3O4S/c1-2-3-11-15-12(20-16-11)7-19-10-5-4-8(6-9(10)13)21(14,17)18/h4-6H,2-3,7H2,1H3,(H2,14,17,18). The summed E-state index contributed by atoms with van der Waals surface area (Å²) in [6.45, 7) is 2.06. The fourth-order valence-corrected chi connectivity index (χ4v) is 2.43. The molecule has 2 aromatic rings. The van der Waals surface area contributed by atoms with Crippen molar-refractivity contribution in [1.82, 2.24) is 10.1 Å². The van der Waals surface area contributed by atoms with Gasteiger partial charge in [0.2, 0.25) is 10.0 Å². The molecule has 7 nitrogen and oxygen atoms in total. The van der Waals surface area contributed by atoms with Crippen LogP contribution in [0.1, 0.15) is 25.1 Å². The first-order valence-corrected chi connectivity index (χ1v) is 8.09. The summed E-state index contributed by atoms with van der Waals surface area (Å²) in [6.07, 6.45) is 1.65. The number of aromatic nitrogens is 2. The van der Waals surface area contributed by atoms with Crippen molar-refractivity contribution in [1.29, 1.82) is 0 Å². The second-order valence-corrected chi connectivity index (χ2v) is 6.25. The predicted octanol–water partition coefficient (Wildman–Crippen LogP) is 1.90. The average Bonchev–Trinajstić information content (AvgIpc) is 2.84. The number of halogens is 1. The van der Waals surface area contributed by atoms with Crippen molar-refractivity contribution in [2.45, 2.75) is 31.3 Å². The van der Waals surface area contributed by atoms with Crippen LogP contribution in [0, 0.1) is 0 Å². The first-order valence-electron chi connectivity index (χ1n) is 6.16. The molecule has 0 unspecified atom stereocenters. The van der Waals surface area contributed by atoms with Crippen molar-refractivity contribution < 1.29 is 17.7 Å². The zero-order chi connectivity index (χ0) is 15.5. The third-order valence-corrected chi connectivity index (χ3v) is 3.77. The van der Waals surface area contributed by atoms with Gasteiger partial charge in [0.1, 0.15) is 5.75 Å². The number of aryl methyl sites for hydroxylation is 1. The van der Waals surface area contributed by atoms with E-state index in [2.05, 4.69) is 10.1 Å². The molecule has 0 saturated heterocycles. The minimum absolute atomic E-state index is 0.0468. The molecule has 0 aliphatic carbocycles. The van der Waals surface area contributed by atoms with Crippen LogP contribution in [0.2, 0.25) is 5.02 Å². The van der Waals surface area contributed by atoms with Gasteiger partial charge in [-0.1, -0.05) is 23.7 Å². The fourth-order valence-electron chi connectivity index (χ4n) is 1.59. The third kappa shape index (κ3) is 4.16. The smallest absolute Gasteiger partial charge is 0.264 e. The Hall–Kier alpha value is -1.64. The van der Waals surface area contributed by atoms with Crippen molar-refractivity contribution in [3.63, 3.8) is 0 Å². The Morgan fingerprint density at radius 3 is 2.81 bits per heavy atom. The molecule has 21 heavy (non-hydrogen) atoms. The Labute approximate surface area is 127 Å². The van der Waals surface area contributed by atoms with Gasteiger partial charge in [-0.15, -0.1) is 0 Å². The second-order valence-electron chi connectivity index (χ2n) is 4.28. The molecule has 0 aliphatic rings. The van der Waals surface area contributed by atoms with E-state index in [0.29, 0.717) is 17.5 Å². The number of primary sulfonamides is 1. The summed E-state index contributed by atoms with van der Waals surface area (Å²) >= 11 is 5.94. The third-order valence-electron chi connectivity index (χ3n) is 2.57. The SMILES string of the molecule is CCCc1noc(COc2ccc(S(N)(=O)=O)cc2Cl)n1. The van der Waals surface area contributed by atoms with Crippen LogP contribution in [0.4, 0.5) is 0 Å². The maximum atomic E-state index is 11.2. The number of hydrogen-bond acceptors (Lipinski definition) is 6. The van der Waals surface area contributed by atoms with E-state index >= 15 is 0 Å². The van der Waals surface area contributed by atoms with Gasteiger partial charge in [-0.25, -0.2) is 13.6 Å². The van der Waals surface area contributed by atoms with Crippen LogP contribution in [-0.2, 0) is 23.1 Å². The van der Waals surface area contributed by atoms with Gasteiger partial charge in [-0.3, -0.25) is 0 Å². The lowest BCUT2D eigenvalue weighted by Gasteiger charge is -2.06. The highest BCUT2D eigenvalue weighted by molar-refractivity contribution is 7.89. The molecule has 0 radical (unpaired) electrons. The highest BCUT2D eigenvalue weighted by atomic mass is 35.5. The number of nitrogens with two attached hydrogens (primary N) is 1. The quantitative estimate of drug-likeness (QED) is 0.866. The number of ether oxygens (including phenoxy) is 1. The van der Waals surface area contributed by atoms with Gasteiger partial charge in [-0.2, -0.15) is 4.98 Å². The van der Waals surface area contributed by atoms with Crippen LogP contribution in [0.5, 0.6) is 5.75 Å². The predicted molar refractivity (Wildman–Crippen MR) is 75.5 cm³/mol. The summed E-state index contributed by atoms with van der Waals surface area (Å²) in [5, 5.41) is 8.94. The normalized spacial score (nSPS) is 11.6. The van der Waals surface area contributed by atoms with Gasteiger partial charge in [0.05, 0.1) is 9.92 Å². The van der Waals surface area contributed by atoms with E-state index in [4.69, 9.17) is 26.0 Å². The Morgan fingerprint density at radius 2 is 2.19 bits per heavy atom. The fraction of sp³-hybridized carbons (Fsp3) is 0.333. The van der Waals surface area contributed by atoms with Crippen LogP contribution in [0.3, 0.4) is 0 Å². The van der Waals surface area contributed by atoms with E-state index in [1.165, 1.54) is 18.2 Å². The van der Waals surface area contributed by atoms with E-state index < -0.39 is 10.0 Å². The topological polar surface area (TPSA) is 108 Å². The van der Waals surface area contributed by atoms with E-state index in [1.54, 1.807) is 0 Å². The highest BCUT2D eigenvalue weighted by Gasteiger charge is 2.12. The minimum Gasteiger partial charge on any atom is -0.482 e. The number of sulfonamides is 1. The number of hydrogen-bond donors (Lipinski definition) is 1. The molecule has 1 heterocycles. The van der Waals surface area contributed by atoms with Crippen LogP contribution >= 0.6 is 11.6 Å². The summed E-state index contributed by atoms with van der Waals surface area (Å²) < 4.78 is 32.8. The molecular formula is C12H14ClN3O4S. The van der Waals surface area contributed by atoms with E-state index in [1.807, 2.05) is 6.92 Å². The van der Waals surface area contributed by atoms with Gasteiger partial charge in [-0.05, 0) is 24.6 Å². The Balaban J connectivity index is 2.06. The van der Waals surface area contributed by atoms with Gasteiger partial charge in [0.25, 0.3) is 5.89 Å². The van der Waals surface area contributed by atoms with Crippen LogP contribution < -0.4 is 9.88 Å². The Morgan fingerprint density at radius 1 is 1.43 bits per heavy atom. The molecule has 0 bridgehead atoms. The first-order chi connectivity index (χ1) is 9.90. The van der Waals surface area contributed by atoms with Crippen molar-refractivity contribution in [2.24, 2.45) is 5.14 Å². The molecule has 1 aromatic heterocycles. The Bertz CT molecular complexity index is 730. The molecule has 2 rings (SSSR count). The van der Waals surface area contributed by atoms with Gasteiger partial charge >= 0.3 is 0 Å². The zero-order valence-corrected chi connectivity index (χ0v) is 12.8. The maximum absolute atomic E-state index is 11.2. The largest absolute Gasteiger partial charge is 0.482 e. The summed E-state index contributed by atoms with van der Waals surface area (Å²) in [5.74, 6) is 1.25. The number of benzene rings is 1. The van der Waals surface area contributed by atoms with Gasteiger partial charge in [0.15, 0.2) is 12.4 Å². The minimum atomic E-state index is -3.79. The molecule has 0 amide bonds. The van der Waals surface area contributed by atoms with Crippen molar-refractivity contribution in [3.8, 4) is 5.75 Å². The molecule has 2 N–H and O–H groups in total. The van der Waals surface area contributed by atoms with E-state index in [-0.39, 0.29) is 16.5 Å². The molecule has 0 atom stereocenters. The van der Waals surface area contributed by atoms with Gasteiger partial charge in [0, 0.05) is 6.42 Å². The van der Waals surface area contributed by atoms with Crippen LogP contribution in [0.15, 0.2) is 27.6 Å². The molecule has 0 fully saturated rings. The maximum Gasteiger partial charge on any atom is 0.264 e. The van der Waals surface area contributed by atoms with Crippen molar-refractivity contribution >= 4 is 21.6 Å². The lowest BCUT2D eigenvalue weighted by atomic mass is 10.3. The molecule has 114 valence electrons. The molecule has 0 aliphatic heterocycles. The lowest BCUT2D eigenvalue weighted by Crippen LogP contribution is -2.12. The lowest BCUT2D eigenvalue weighted by molar-refractivity contribution is 0.242. The summed E-state index contributed by atoms with van der Waals surface area (Å²) in [4.78, 5) is 4.06. The number of rotatable bonds is 6. The number of nitrogens with zero attached hydrogens (tertiary/aromatic N) is 2. The second kappa shape index (κ2) is 6.42. The van der Waals surface area contributed by atoms with Crippen LogP contribution in [0.25, 0.3) is 0 Å². The van der Waals surface area contributed by atoms with Gasteiger partial charge < -0.3 is 9.26 Å². The van der Waals surface area contributed by atoms with Crippen molar-refractivity contribution in [3.05, 3.63) is 34.9 Å². The Kier molecular flexibility index (Phi) is 4.81. The summed E-state index contributed by atoms with van der Waals surface area (Å²) in [6, 6.07) is 3.96. The molecule has 9 heteroatoms. The van der Waals surface area contributed by atoms with E-state index in [0.717, 1.165) is 12.8 Å². The summed E-state index contributed by atoms with van der Waals surface area (Å²) in [5.41, 5.74) is 0. The highest BCUT2D eigenvalue weighted by Crippen LogP contribution is 2.27. The molecular weight excluding hydrogens is 318 g/mol.